The van der Waals surface area contributed by atoms with Gasteiger partial charge in [-0.15, -0.1) is 0 Å². The molecule has 1 heterocycles. The third kappa shape index (κ3) is 5.58. The molecule has 0 radical (unpaired) electrons. The summed E-state index contributed by atoms with van der Waals surface area (Å²) in [6.07, 6.45) is 0. The van der Waals surface area contributed by atoms with E-state index in [9.17, 15) is 24.0 Å². The second kappa shape index (κ2) is 13.2. The fraction of sp³-hybridized carbons (Fsp3) is 0.125. The largest absolute Gasteiger partial charge is 0.423 e. The van der Waals surface area contributed by atoms with Crippen LogP contribution < -0.4 is 4.74 Å². The summed E-state index contributed by atoms with van der Waals surface area (Å²) in [5, 5.41) is 2.44. The molecular formula is C40H24Cl4N2O6. The van der Waals surface area contributed by atoms with Gasteiger partial charge in [0.15, 0.2) is 5.78 Å². The number of amides is 3. The first-order chi connectivity index (χ1) is 25.0. The minimum Gasteiger partial charge on any atom is -0.423 e. The average Bonchev–Trinajstić information content (AvgIpc) is 3.39. The summed E-state index contributed by atoms with van der Waals surface area (Å²) >= 11 is 24.7. The van der Waals surface area contributed by atoms with E-state index in [2.05, 4.69) is 0 Å². The number of Topliss-reactive ketones (excluding diaryl/α,β-unsaturated/α-hetero) is 1. The average molecular weight is 770 g/mol. The predicted octanol–water partition coefficient (Wildman–Crippen LogP) is 8.65. The third-order valence-corrected chi connectivity index (χ3v) is 11.0. The molecule has 0 saturated carbocycles. The van der Waals surface area contributed by atoms with E-state index in [1.807, 2.05) is 48.5 Å². The summed E-state index contributed by atoms with van der Waals surface area (Å²) in [5.41, 5.74) is 4.02. The maximum absolute atomic E-state index is 14.6. The number of hydrazine groups is 1. The molecule has 3 amide bonds. The highest BCUT2D eigenvalue weighted by Crippen LogP contribution is 2.61. The zero-order chi connectivity index (χ0) is 36.4. The van der Waals surface area contributed by atoms with Gasteiger partial charge in [0, 0.05) is 27.4 Å². The van der Waals surface area contributed by atoms with E-state index in [1.165, 1.54) is 60.7 Å². The summed E-state index contributed by atoms with van der Waals surface area (Å²) in [6.45, 7) is -0.677. The van der Waals surface area contributed by atoms with Crippen LogP contribution in [0.4, 0.5) is 0 Å². The van der Waals surface area contributed by atoms with Gasteiger partial charge in [0.05, 0.1) is 33.0 Å². The van der Waals surface area contributed by atoms with Crippen molar-refractivity contribution in [3.8, 4) is 5.75 Å². The summed E-state index contributed by atoms with van der Waals surface area (Å²) in [5.74, 6) is -5.63. The lowest BCUT2D eigenvalue weighted by Crippen LogP contribution is -2.52. The van der Waals surface area contributed by atoms with Crippen LogP contribution in [0.1, 0.15) is 65.2 Å². The molecule has 4 aliphatic rings. The summed E-state index contributed by atoms with van der Waals surface area (Å²) < 4.78 is 5.43. The Balaban J connectivity index is 1.12. The van der Waals surface area contributed by atoms with E-state index in [-0.39, 0.29) is 37.5 Å². The Bertz CT molecular complexity index is 2250. The van der Waals surface area contributed by atoms with Crippen molar-refractivity contribution >= 4 is 75.9 Å². The van der Waals surface area contributed by atoms with Crippen LogP contribution in [0.15, 0.2) is 109 Å². The summed E-state index contributed by atoms with van der Waals surface area (Å²) in [7, 11) is 0. The molecule has 52 heavy (non-hydrogen) atoms. The van der Waals surface area contributed by atoms with Crippen LogP contribution in [0, 0.1) is 11.8 Å². The number of ether oxygens (including phenoxy) is 1. The van der Waals surface area contributed by atoms with Crippen molar-refractivity contribution in [1.82, 2.24) is 10.0 Å². The monoisotopic (exact) mass is 768 g/mol. The van der Waals surface area contributed by atoms with Gasteiger partial charge in [-0.1, -0.05) is 94.9 Å². The van der Waals surface area contributed by atoms with Gasteiger partial charge in [0.2, 0.25) is 0 Å². The first-order valence-corrected chi connectivity index (χ1v) is 17.7. The molecule has 258 valence electrons. The normalized spacial score (nSPS) is 19.5. The number of halogens is 4. The predicted molar refractivity (Wildman–Crippen MR) is 195 cm³/mol. The van der Waals surface area contributed by atoms with Crippen LogP contribution in [0.25, 0.3) is 0 Å². The van der Waals surface area contributed by atoms with Gasteiger partial charge < -0.3 is 4.74 Å². The van der Waals surface area contributed by atoms with Gasteiger partial charge in [-0.2, -0.15) is 5.01 Å². The molecule has 5 aromatic rings. The topological polar surface area (TPSA) is 101 Å². The van der Waals surface area contributed by atoms with Crippen LogP contribution in [-0.4, -0.2) is 46.0 Å². The SMILES string of the molecule is O=C(CN(C(=O)c1ccc(Cl)cc1Cl)N1C(=O)[C@@H]2C3c4ccccc4C(c4ccccc43)[C@@H]2C1=O)c1ccc(OC(=O)c2ccc(Cl)cc2Cl)cc1. The first-order valence-electron chi connectivity index (χ1n) is 16.2. The van der Waals surface area contributed by atoms with Crippen molar-refractivity contribution in [2.24, 2.45) is 11.8 Å². The molecule has 1 fully saturated rings. The number of esters is 1. The highest BCUT2D eigenvalue weighted by molar-refractivity contribution is 6.37. The molecule has 0 unspecified atom stereocenters. The van der Waals surface area contributed by atoms with Gasteiger partial charge in [-0.25, -0.2) is 9.80 Å². The Hall–Kier alpha value is -4.99. The van der Waals surface area contributed by atoms with Gasteiger partial charge in [0.1, 0.15) is 12.3 Å². The van der Waals surface area contributed by atoms with Crippen LogP contribution in [0.5, 0.6) is 5.75 Å². The number of hydrogen-bond acceptors (Lipinski definition) is 6. The Morgan fingerprint density at radius 3 is 1.54 bits per heavy atom. The molecule has 9 rings (SSSR count). The number of carbonyl (C=O) groups excluding carboxylic acids is 5. The first kappa shape index (κ1) is 34.1. The maximum atomic E-state index is 14.6. The van der Waals surface area contributed by atoms with Crippen LogP contribution >= 0.6 is 46.4 Å². The lowest BCUT2D eigenvalue weighted by atomic mass is 9.55. The zero-order valence-corrected chi connectivity index (χ0v) is 29.8. The smallest absolute Gasteiger partial charge is 0.345 e. The van der Waals surface area contributed by atoms with Crippen molar-refractivity contribution in [3.63, 3.8) is 0 Å². The van der Waals surface area contributed by atoms with Gasteiger partial charge in [-0.3, -0.25) is 19.2 Å². The van der Waals surface area contributed by atoms with Gasteiger partial charge in [-0.05, 0) is 82.9 Å². The van der Waals surface area contributed by atoms with Crippen LogP contribution in [-0.2, 0) is 9.59 Å². The van der Waals surface area contributed by atoms with Crippen molar-refractivity contribution in [1.29, 1.82) is 0 Å². The third-order valence-electron chi connectivity index (χ3n) is 9.89. The highest BCUT2D eigenvalue weighted by atomic mass is 35.5. The molecule has 8 nitrogen and oxygen atoms in total. The summed E-state index contributed by atoms with van der Waals surface area (Å²) in [4.78, 5) is 70.1. The minimum absolute atomic E-state index is 0.0155. The highest BCUT2D eigenvalue weighted by Gasteiger charge is 2.63. The number of carbonyl (C=O) groups is 5. The number of rotatable bonds is 7. The lowest BCUT2D eigenvalue weighted by molar-refractivity contribution is -0.154. The molecule has 0 N–H and O–H groups in total. The van der Waals surface area contributed by atoms with Gasteiger partial charge >= 0.3 is 5.97 Å². The van der Waals surface area contributed by atoms with Crippen LogP contribution in [0.2, 0.25) is 20.1 Å². The summed E-state index contributed by atoms with van der Waals surface area (Å²) in [6, 6.07) is 29.7. The van der Waals surface area contributed by atoms with Crippen molar-refractivity contribution in [2.75, 3.05) is 6.54 Å². The molecule has 2 bridgehead atoms. The molecule has 12 heteroatoms. The van der Waals surface area contributed by atoms with Crippen molar-refractivity contribution in [2.45, 2.75) is 11.8 Å². The van der Waals surface area contributed by atoms with E-state index in [0.29, 0.717) is 5.02 Å². The molecule has 2 atom stereocenters. The number of imide groups is 1. The molecule has 0 aromatic heterocycles. The maximum Gasteiger partial charge on any atom is 0.345 e. The van der Waals surface area contributed by atoms with Crippen molar-refractivity contribution < 1.29 is 28.7 Å². The lowest BCUT2D eigenvalue weighted by Gasteiger charge is -2.45. The number of nitrogens with zero attached hydrogens (tertiary/aromatic N) is 2. The van der Waals surface area contributed by atoms with E-state index in [0.717, 1.165) is 32.3 Å². The molecule has 0 spiro atoms. The molecule has 3 aliphatic carbocycles. The Labute approximate surface area is 317 Å². The number of hydrogen-bond donors (Lipinski definition) is 0. The van der Waals surface area contributed by atoms with E-state index in [1.54, 1.807) is 0 Å². The number of ketones is 1. The van der Waals surface area contributed by atoms with E-state index < -0.39 is 59.7 Å². The second-order valence-corrected chi connectivity index (χ2v) is 14.4. The van der Waals surface area contributed by atoms with Gasteiger partial charge in [0.25, 0.3) is 17.7 Å². The van der Waals surface area contributed by atoms with E-state index >= 15 is 0 Å². The molecular weight excluding hydrogens is 746 g/mol. The standard InChI is InChI=1S/C40H24Cl4N2O6/c41-21-11-15-28(30(43)17-21)37(48)45(19-32(47)20-9-13-23(14-10-20)52-40(51)29-16-12-22(42)18-31(29)44)46-38(49)35-33-24-5-1-2-6-25(24)34(36(35)39(46)50)27-8-4-3-7-26(27)33/h1-18,33-36H,19H2/t33?,34?,35-,36+. The minimum atomic E-state index is -0.830. The van der Waals surface area contributed by atoms with Crippen molar-refractivity contribution in [3.05, 3.63) is 168 Å². The van der Waals surface area contributed by atoms with Crippen LogP contribution in [0.3, 0.4) is 0 Å². The second-order valence-electron chi connectivity index (χ2n) is 12.7. The fourth-order valence-corrected chi connectivity index (χ4v) is 8.66. The quantitative estimate of drug-likeness (QED) is 0.0711. The van der Waals surface area contributed by atoms with E-state index in [4.69, 9.17) is 51.1 Å². The molecule has 1 saturated heterocycles. The Kier molecular flexibility index (Phi) is 8.66. The Morgan fingerprint density at radius 2 is 1.08 bits per heavy atom. The molecule has 1 aliphatic heterocycles. The Morgan fingerprint density at radius 1 is 0.615 bits per heavy atom. The fourth-order valence-electron chi connectivity index (χ4n) is 7.69. The molecule has 5 aromatic carbocycles. The zero-order valence-electron chi connectivity index (χ0n) is 26.8. The number of benzene rings is 5.